The van der Waals surface area contributed by atoms with Gasteiger partial charge in [-0.3, -0.25) is 0 Å². The van der Waals surface area contributed by atoms with Crippen molar-refractivity contribution in [3.8, 4) is 0 Å². The number of nitrogens with one attached hydrogen (secondary N) is 1. The molecule has 0 radical (unpaired) electrons. The Hall–Kier alpha value is -1.52. The molecule has 0 aromatic rings. The molecule has 1 aliphatic rings. The fourth-order valence-electron chi connectivity index (χ4n) is 2.42. The number of unbranched alkanes of at least 4 members (excludes halogenated alkanes) is 6. The van der Waals surface area contributed by atoms with Crippen molar-refractivity contribution in [2.24, 2.45) is 5.73 Å². The van der Waals surface area contributed by atoms with Crippen molar-refractivity contribution in [3.05, 3.63) is 12.2 Å². The standard InChI is InChI=1S/C16H28N2O3/c1-2-3-4-5-6-7-8-9-11-14(19)21-16(12-10-13-16)18-15(17)20/h9,11H,2-8,10,12-13H2,1H3,(H3,17,18,20). The maximum atomic E-state index is 11.7. The number of nitrogens with two attached hydrogens (primary N) is 1. The molecule has 21 heavy (non-hydrogen) atoms. The van der Waals surface area contributed by atoms with E-state index in [0.29, 0.717) is 12.8 Å². The average Bonchev–Trinajstić information content (AvgIpc) is 2.38. The molecule has 0 heterocycles. The van der Waals surface area contributed by atoms with Crippen LogP contribution in [-0.4, -0.2) is 17.7 Å². The highest BCUT2D eigenvalue weighted by molar-refractivity contribution is 5.83. The molecule has 0 spiro atoms. The Kier molecular flexibility index (Phi) is 7.87. The van der Waals surface area contributed by atoms with E-state index in [1.807, 2.05) is 6.08 Å². The highest BCUT2D eigenvalue weighted by Gasteiger charge is 2.41. The first-order chi connectivity index (χ1) is 10.1. The van der Waals surface area contributed by atoms with Crippen molar-refractivity contribution in [3.63, 3.8) is 0 Å². The van der Waals surface area contributed by atoms with E-state index in [2.05, 4.69) is 12.2 Å². The summed E-state index contributed by atoms with van der Waals surface area (Å²) in [4.78, 5) is 22.6. The molecule has 0 unspecified atom stereocenters. The summed E-state index contributed by atoms with van der Waals surface area (Å²) in [7, 11) is 0. The van der Waals surface area contributed by atoms with Crippen molar-refractivity contribution in [1.82, 2.24) is 5.32 Å². The molecular weight excluding hydrogens is 268 g/mol. The lowest BCUT2D eigenvalue weighted by atomic mass is 9.88. The Morgan fingerprint density at radius 3 is 2.43 bits per heavy atom. The second-order valence-electron chi connectivity index (χ2n) is 5.72. The molecule has 1 rings (SSSR count). The lowest BCUT2D eigenvalue weighted by Gasteiger charge is -2.40. The van der Waals surface area contributed by atoms with E-state index in [1.54, 1.807) is 0 Å². The molecule has 0 saturated heterocycles. The smallest absolute Gasteiger partial charge is 0.332 e. The van der Waals surface area contributed by atoms with Crippen LogP contribution in [0.4, 0.5) is 4.79 Å². The maximum Gasteiger partial charge on any atom is 0.332 e. The second kappa shape index (κ2) is 9.42. The third-order valence-corrected chi connectivity index (χ3v) is 3.79. The van der Waals surface area contributed by atoms with Gasteiger partial charge in [-0.25, -0.2) is 9.59 Å². The zero-order valence-corrected chi connectivity index (χ0v) is 13.0. The predicted molar refractivity (Wildman–Crippen MR) is 82.5 cm³/mol. The van der Waals surface area contributed by atoms with Gasteiger partial charge in [0.25, 0.3) is 0 Å². The quantitative estimate of drug-likeness (QED) is 0.280. The molecule has 120 valence electrons. The van der Waals surface area contributed by atoms with E-state index < -0.39 is 17.7 Å². The second-order valence-corrected chi connectivity index (χ2v) is 5.72. The van der Waals surface area contributed by atoms with Gasteiger partial charge in [-0.1, -0.05) is 45.1 Å². The number of carbonyl (C=O) groups excluding carboxylic acids is 2. The van der Waals surface area contributed by atoms with Crippen LogP contribution >= 0.6 is 0 Å². The van der Waals surface area contributed by atoms with E-state index in [9.17, 15) is 9.59 Å². The van der Waals surface area contributed by atoms with Gasteiger partial charge in [0.05, 0.1) is 0 Å². The van der Waals surface area contributed by atoms with Gasteiger partial charge in [0.1, 0.15) is 0 Å². The Morgan fingerprint density at radius 2 is 1.86 bits per heavy atom. The van der Waals surface area contributed by atoms with Crippen molar-refractivity contribution in [1.29, 1.82) is 0 Å². The van der Waals surface area contributed by atoms with Crippen LogP contribution in [0.2, 0.25) is 0 Å². The minimum atomic E-state index is -0.868. The fourth-order valence-corrected chi connectivity index (χ4v) is 2.42. The van der Waals surface area contributed by atoms with Crippen LogP contribution in [0.25, 0.3) is 0 Å². The van der Waals surface area contributed by atoms with Gasteiger partial charge >= 0.3 is 12.0 Å². The Balaban J connectivity index is 2.15. The zero-order chi connectivity index (χ0) is 15.6. The van der Waals surface area contributed by atoms with Gasteiger partial charge in [0, 0.05) is 18.9 Å². The Bertz CT molecular complexity index is 363. The SMILES string of the molecule is CCCCCCCCC=CC(=O)OC1(NC(N)=O)CCC1. The summed E-state index contributed by atoms with van der Waals surface area (Å²) in [6, 6.07) is -0.654. The van der Waals surface area contributed by atoms with Gasteiger partial charge in [-0.05, 0) is 19.3 Å². The molecule has 0 aliphatic heterocycles. The molecule has 5 heteroatoms. The molecule has 2 amide bonds. The largest absolute Gasteiger partial charge is 0.436 e. The molecule has 5 nitrogen and oxygen atoms in total. The molecular formula is C16H28N2O3. The van der Waals surface area contributed by atoms with Crippen molar-refractivity contribution in [2.45, 2.75) is 76.9 Å². The average molecular weight is 296 g/mol. The molecule has 1 aliphatic carbocycles. The van der Waals surface area contributed by atoms with Crippen LogP contribution in [0, 0.1) is 0 Å². The van der Waals surface area contributed by atoms with Crippen LogP contribution in [0.5, 0.6) is 0 Å². The first-order valence-electron chi connectivity index (χ1n) is 8.05. The van der Waals surface area contributed by atoms with Crippen LogP contribution in [0.15, 0.2) is 12.2 Å². The van der Waals surface area contributed by atoms with E-state index >= 15 is 0 Å². The first-order valence-corrected chi connectivity index (χ1v) is 8.05. The molecule has 3 N–H and O–H groups in total. The summed E-state index contributed by atoms with van der Waals surface area (Å²) in [5.74, 6) is -0.408. The number of hydrogen-bond donors (Lipinski definition) is 2. The van der Waals surface area contributed by atoms with Gasteiger partial charge in [-0.2, -0.15) is 0 Å². The van der Waals surface area contributed by atoms with Gasteiger partial charge in [-0.15, -0.1) is 0 Å². The lowest BCUT2D eigenvalue weighted by molar-refractivity contribution is -0.166. The van der Waals surface area contributed by atoms with Gasteiger partial charge in [0.15, 0.2) is 5.72 Å². The predicted octanol–water partition coefficient (Wildman–Crippen LogP) is 3.38. The van der Waals surface area contributed by atoms with Crippen molar-refractivity contribution >= 4 is 12.0 Å². The van der Waals surface area contributed by atoms with Gasteiger partial charge in [0.2, 0.25) is 0 Å². The van der Waals surface area contributed by atoms with Crippen molar-refractivity contribution in [2.75, 3.05) is 0 Å². The summed E-state index contributed by atoms with van der Waals surface area (Å²) in [6.07, 6.45) is 13.8. The van der Waals surface area contributed by atoms with Crippen LogP contribution in [-0.2, 0) is 9.53 Å². The number of rotatable bonds is 10. The Morgan fingerprint density at radius 1 is 1.19 bits per heavy atom. The van der Waals surface area contributed by atoms with Gasteiger partial charge < -0.3 is 15.8 Å². The van der Waals surface area contributed by atoms with E-state index in [1.165, 1.54) is 38.2 Å². The van der Waals surface area contributed by atoms with E-state index in [0.717, 1.165) is 19.3 Å². The lowest BCUT2D eigenvalue weighted by Crippen LogP contribution is -2.57. The topological polar surface area (TPSA) is 81.4 Å². The number of hydrogen-bond acceptors (Lipinski definition) is 3. The minimum Gasteiger partial charge on any atom is -0.436 e. The first kappa shape index (κ1) is 17.5. The fraction of sp³-hybridized carbons (Fsp3) is 0.750. The van der Waals surface area contributed by atoms with Crippen LogP contribution in [0.1, 0.15) is 71.1 Å². The molecule has 0 bridgehead atoms. The van der Waals surface area contributed by atoms with Crippen molar-refractivity contribution < 1.29 is 14.3 Å². The minimum absolute atomic E-state index is 0.408. The summed E-state index contributed by atoms with van der Waals surface area (Å²) in [5.41, 5.74) is 4.23. The van der Waals surface area contributed by atoms with Crippen LogP contribution in [0.3, 0.4) is 0 Å². The molecule has 0 aromatic heterocycles. The summed E-state index contributed by atoms with van der Waals surface area (Å²) in [6.45, 7) is 2.20. The van der Waals surface area contributed by atoms with E-state index in [-0.39, 0.29) is 0 Å². The number of esters is 1. The molecule has 1 saturated carbocycles. The molecule has 0 atom stereocenters. The number of primary amides is 1. The summed E-state index contributed by atoms with van der Waals surface area (Å²) >= 11 is 0. The van der Waals surface area contributed by atoms with E-state index in [4.69, 9.17) is 10.5 Å². The molecule has 1 fully saturated rings. The molecule has 0 aromatic carbocycles. The number of ether oxygens (including phenoxy) is 1. The highest BCUT2D eigenvalue weighted by Crippen LogP contribution is 2.33. The summed E-state index contributed by atoms with van der Waals surface area (Å²) in [5, 5.41) is 2.52. The number of carbonyl (C=O) groups is 2. The normalized spacial score (nSPS) is 16.4. The third-order valence-electron chi connectivity index (χ3n) is 3.79. The van der Waals surface area contributed by atoms with Crippen LogP contribution < -0.4 is 11.1 Å². The maximum absolute atomic E-state index is 11.7. The number of allylic oxidation sites excluding steroid dienone is 1. The summed E-state index contributed by atoms with van der Waals surface area (Å²) < 4.78 is 5.31. The Labute approximate surface area is 127 Å². The highest BCUT2D eigenvalue weighted by atomic mass is 16.6. The zero-order valence-electron chi connectivity index (χ0n) is 13.0. The number of amides is 2. The number of urea groups is 1. The monoisotopic (exact) mass is 296 g/mol. The third kappa shape index (κ3) is 7.16.